The van der Waals surface area contributed by atoms with Crippen molar-refractivity contribution in [3.8, 4) is 0 Å². The Morgan fingerprint density at radius 1 is 0.914 bits per heavy atom. The standard InChI is InChI=1S/C25H25N7O3/c1-16-7-8-26-20(13-16)29-21-14-22(28-15-27-21)30-9-11-31(12-10-30)23(33)17(2)32-24(34)18-5-3-4-6-19(18)25(32)35/h3-8,13-15,17H,9-12H2,1-2H3,(H,26,27,28,29). The van der Waals surface area contributed by atoms with Crippen LogP contribution in [0.4, 0.5) is 17.5 Å². The van der Waals surface area contributed by atoms with Crippen LogP contribution in [0.3, 0.4) is 0 Å². The molecule has 1 aromatic carbocycles. The Hall–Kier alpha value is -4.34. The molecule has 0 aliphatic carbocycles. The number of carbonyl (C=O) groups is 3. The number of fused-ring (bicyclic) bond motifs is 1. The fourth-order valence-electron chi connectivity index (χ4n) is 4.41. The van der Waals surface area contributed by atoms with Crippen molar-refractivity contribution in [1.82, 2.24) is 24.8 Å². The highest BCUT2D eigenvalue weighted by molar-refractivity contribution is 6.22. The summed E-state index contributed by atoms with van der Waals surface area (Å²) in [4.78, 5) is 56.5. The monoisotopic (exact) mass is 471 g/mol. The van der Waals surface area contributed by atoms with Gasteiger partial charge in [0.2, 0.25) is 5.91 Å². The van der Waals surface area contributed by atoms with E-state index in [4.69, 9.17) is 0 Å². The van der Waals surface area contributed by atoms with Gasteiger partial charge < -0.3 is 15.1 Å². The van der Waals surface area contributed by atoms with Crippen LogP contribution < -0.4 is 10.2 Å². The second kappa shape index (κ2) is 9.13. The summed E-state index contributed by atoms with van der Waals surface area (Å²) >= 11 is 0. The molecule has 0 radical (unpaired) electrons. The van der Waals surface area contributed by atoms with E-state index >= 15 is 0 Å². The number of rotatable bonds is 5. The van der Waals surface area contributed by atoms with Crippen LogP contribution in [-0.4, -0.2) is 74.7 Å². The van der Waals surface area contributed by atoms with E-state index in [0.29, 0.717) is 48.9 Å². The van der Waals surface area contributed by atoms with Crippen LogP contribution in [0.15, 0.2) is 55.0 Å². The van der Waals surface area contributed by atoms with Crippen molar-refractivity contribution < 1.29 is 14.4 Å². The predicted molar refractivity (Wildman–Crippen MR) is 129 cm³/mol. The average Bonchev–Trinajstić information content (AvgIpc) is 3.13. The van der Waals surface area contributed by atoms with Crippen LogP contribution in [0, 0.1) is 6.92 Å². The van der Waals surface area contributed by atoms with Gasteiger partial charge in [-0.25, -0.2) is 15.0 Å². The number of hydrogen-bond acceptors (Lipinski definition) is 8. The van der Waals surface area contributed by atoms with E-state index in [-0.39, 0.29) is 5.91 Å². The molecule has 2 aliphatic rings. The van der Waals surface area contributed by atoms with Crippen molar-refractivity contribution in [1.29, 1.82) is 0 Å². The lowest BCUT2D eigenvalue weighted by atomic mass is 10.1. The maximum atomic E-state index is 13.2. The van der Waals surface area contributed by atoms with Gasteiger partial charge in [0.1, 0.15) is 29.8 Å². The van der Waals surface area contributed by atoms with Crippen LogP contribution in [0.2, 0.25) is 0 Å². The summed E-state index contributed by atoms with van der Waals surface area (Å²) in [6, 6.07) is 11.5. The van der Waals surface area contributed by atoms with Gasteiger partial charge in [0.15, 0.2) is 0 Å². The lowest BCUT2D eigenvalue weighted by Crippen LogP contribution is -2.55. The molecule has 10 heteroatoms. The van der Waals surface area contributed by atoms with Gasteiger partial charge in [-0.15, -0.1) is 0 Å². The molecule has 2 aliphatic heterocycles. The molecule has 0 saturated carbocycles. The molecule has 10 nitrogen and oxygen atoms in total. The largest absolute Gasteiger partial charge is 0.353 e. The van der Waals surface area contributed by atoms with Crippen molar-refractivity contribution in [2.24, 2.45) is 0 Å². The fourth-order valence-corrected chi connectivity index (χ4v) is 4.41. The van der Waals surface area contributed by atoms with Gasteiger partial charge >= 0.3 is 0 Å². The number of nitrogens with zero attached hydrogens (tertiary/aromatic N) is 6. The van der Waals surface area contributed by atoms with Gasteiger partial charge in [-0.05, 0) is 43.7 Å². The highest BCUT2D eigenvalue weighted by Crippen LogP contribution is 2.26. The van der Waals surface area contributed by atoms with Gasteiger partial charge in [-0.3, -0.25) is 19.3 Å². The van der Waals surface area contributed by atoms with Gasteiger partial charge in [0, 0.05) is 38.4 Å². The Bertz CT molecular complexity index is 1270. The maximum Gasteiger partial charge on any atom is 0.262 e. The van der Waals surface area contributed by atoms with E-state index in [9.17, 15) is 14.4 Å². The third kappa shape index (κ3) is 4.30. The molecular weight excluding hydrogens is 446 g/mol. The SMILES string of the molecule is Cc1ccnc(Nc2cc(N3CCN(C(=O)C(C)N4C(=O)c5ccccc5C4=O)CC3)ncn2)c1. The first kappa shape index (κ1) is 22.5. The topological polar surface area (TPSA) is 112 Å². The Morgan fingerprint density at radius 3 is 2.23 bits per heavy atom. The van der Waals surface area contributed by atoms with Crippen LogP contribution in [-0.2, 0) is 4.79 Å². The Balaban J connectivity index is 1.22. The third-order valence-corrected chi connectivity index (χ3v) is 6.31. The second-order valence-corrected chi connectivity index (χ2v) is 8.62. The van der Waals surface area contributed by atoms with Crippen molar-refractivity contribution >= 4 is 35.2 Å². The number of imide groups is 1. The number of amides is 3. The molecule has 1 unspecified atom stereocenters. The van der Waals surface area contributed by atoms with Crippen LogP contribution in [0.25, 0.3) is 0 Å². The Kier molecular flexibility index (Phi) is 5.86. The van der Waals surface area contributed by atoms with Gasteiger partial charge in [-0.2, -0.15) is 0 Å². The molecule has 1 atom stereocenters. The summed E-state index contributed by atoms with van der Waals surface area (Å²) in [5, 5.41) is 3.19. The summed E-state index contributed by atoms with van der Waals surface area (Å²) in [6.45, 7) is 5.66. The molecule has 178 valence electrons. The summed E-state index contributed by atoms with van der Waals surface area (Å²) in [5.41, 5.74) is 1.78. The lowest BCUT2D eigenvalue weighted by Gasteiger charge is -2.37. The van der Waals surface area contributed by atoms with E-state index in [0.717, 1.165) is 16.3 Å². The van der Waals surface area contributed by atoms with Crippen molar-refractivity contribution in [3.05, 3.63) is 71.7 Å². The molecule has 3 aromatic rings. The molecule has 5 rings (SSSR count). The van der Waals surface area contributed by atoms with E-state index in [2.05, 4.69) is 25.2 Å². The summed E-state index contributed by atoms with van der Waals surface area (Å²) < 4.78 is 0. The maximum absolute atomic E-state index is 13.2. The number of carbonyl (C=O) groups excluding carboxylic acids is 3. The molecule has 1 N–H and O–H groups in total. The number of anilines is 3. The molecule has 1 fully saturated rings. The van der Waals surface area contributed by atoms with Gasteiger partial charge in [-0.1, -0.05) is 12.1 Å². The highest BCUT2D eigenvalue weighted by atomic mass is 16.2. The molecule has 2 aromatic heterocycles. The molecule has 4 heterocycles. The summed E-state index contributed by atoms with van der Waals surface area (Å²) in [7, 11) is 0. The summed E-state index contributed by atoms with van der Waals surface area (Å²) in [6.07, 6.45) is 3.23. The van der Waals surface area contributed by atoms with Crippen LogP contribution in [0.5, 0.6) is 0 Å². The first-order valence-electron chi connectivity index (χ1n) is 11.4. The third-order valence-electron chi connectivity index (χ3n) is 6.31. The number of nitrogens with one attached hydrogen (secondary N) is 1. The van der Waals surface area contributed by atoms with E-state index in [1.54, 1.807) is 42.3 Å². The van der Waals surface area contributed by atoms with E-state index in [1.807, 2.05) is 25.1 Å². The van der Waals surface area contributed by atoms with Crippen molar-refractivity contribution in [2.45, 2.75) is 19.9 Å². The number of aromatic nitrogens is 3. The first-order valence-corrected chi connectivity index (χ1v) is 11.4. The fraction of sp³-hybridized carbons (Fsp3) is 0.280. The van der Waals surface area contributed by atoms with E-state index in [1.165, 1.54) is 6.33 Å². The second-order valence-electron chi connectivity index (χ2n) is 8.62. The molecule has 0 spiro atoms. The summed E-state index contributed by atoms with van der Waals surface area (Å²) in [5.74, 6) is 0.992. The highest BCUT2D eigenvalue weighted by Gasteiger charge is 2.42. The minimum atomic E-state index is -0.870. The normalized spacial score (nSPS) is 16.3. The minimum Gasteiger partial charge on any atom is -0.353 e. The number of piperazine rings is 1. The predicted octanol–water partition coefficient (Wildman–Crippen LogP) is 2.26. The zero-order valence-electron chi connectivity index (χ0n) is 19.5. The molecule has 35 heavy (non-hydrogen) atoms. The van der Waals surface area contributed by atoms with Crippen molar-refractivity contribution in [2.75, 3.05) is 36.4 Å². The smallest absolute Gasteiger partial charge is 0.262 e. The van der Waals surface area contributed by atoms with Crippen LogP contribution >= 0.6 is 0 Å². The zero-order valence-corrected chi connectivity index (χ0v) is 19.5. The first-order chi connectivity index (χ1) is 16.9. The quantitative estimate of drug-likeness (QED) is 0.564. The number of hydrogen-bond donors (Lipinski definition) is 1. The van der Waals surface area contributed by atoms with E-state index < -0.39 is 17.9 Å². The number of aryl methyl sites for hydroxylation is 1. The molecular formula is C25H25N7O3. The average molecular weight is 472 g/mol. The Morgan fingerprint density at radius 2 is 1.57 bits per heavy atom. The van der Waals surface area contributed by atoms with Gasteiger partial charge in [0.05, 0.1) is 11.1 Å². The van der Waals surface area contributed by atoms with Gasteiger partial charge in [0.25, 0.3) is 11.8 Å². The number of pyridine rings is 1. The number of benzene rings is 1. The molecule has 0 bridgehead atoms. The zero-order chi connectivity index (χ0) is 24.5. The Labute approximate surface area is 202 Å². The van der Waals surface area contributed by atoms with Crippen molar-refractivity contribution in [3.63, 3.8) is 0 Å². The lowest BCUT2D eigenvalue weighted by molar-refractivity contribution is -0.135. The molecule has 1 saturated heterocycles. The van der Waals surface area contributed by atoms with Crippen LogP contribution in [0.1, 0.15) is 33.2 Å². The molecule has 3 amide bonds. The minimum absolute atomic E-state index is 0.241.